The number of hydrogen-bond acceptors (Lipinski definition) is 2. The molecule has 0 aliphatic carbocycles. The van der Waals surface area contributed by atoms with E-state index in [0.29, 0.717) is 23.3 Å². The predicted octanol–water partition coefficient (Wildman–Crippen LogP) is 2.80. The third-order valence-electron chi connectivity index (χ3n) is 4.88. The van der Waals surface area contributed by atoms with Crippen molar-refractivity contribution in [1.82, 2.24) is 10.2 Å². The number of nitrogens with one attached hydrogen (secondary N) is 1. The van der Waals surface area contributed by atoms with Crippen LogP contribution >= 0.6 is 0 Å². The molecule has 0 saturated carbocycles. The maximum absolute atomic E-state index is 12.3. The van der Waals surface area contributed by atoms with E-state index in [0.717, 1.165) is 32.5 Å². The highest BCUT2D eigenvalue weighted by Crippen LogP contribution is 2.34. The highest BCUT2D eigenvalue weighted by molar-refractivity contribution is 5.76. The highest BCUT2D eigenvalue weighted by Gasteiger charge is 2.30. The molecule has 2 saturated heterocycles. The molecule has 0 aromatic carbocycles. The molecule has 0 aromatic heterocycles. The fourth-order valence-electron chi connectivity index (χ4n) is 3.44. The summed E-state index contributed by atoms with van der Waals surface area (Å²) < 4.78 is 0. The number of carbonyl (C=O) groups excluding carboxylic acids is 1. The third kappa shape index (κ3) is 4.20. The van der Waals surface area contributed by atoms with E-state index in [1.807, 2.05) is 0 Å². The van der Waals surface area contributed by atoms with Crippen LogP contribution in [-0.4, -0.2) is 36.5 Å². The van der Waals surface area contributed by atoms with Crippen molar-refractivity contribution in [2.45, 2.75) is 65.3 Å². The van der Waals surface area contributed by atoms with E-state index in [-0.39, 0.29) is 0 Å². The van der Waals surface area contributed by atoms with Gasteiger partial charge >= 0.3 is 0 Å². The second kappa shape index (κ2) is 6.25. The maximum atomic E-state index is 12.3. The van der Waals surface area contributed by atoms with Gasteiger partial charge in [0.1, 0.15) is 0 Å². The summed E-state index contributed by atoms with van der Waals surface area (Å²) >= 11 is 0. The van der Waals surface area contributed by atoms with Crippen molar-refractivity contribution in [3.63, 3.8) is 0 Å². The van der Waals surface area contributed by atoms with Gasteiger partial charge in [-0.15, -0.1) is 0 Å². The summed E-state index contributed by atoms with van der Waals surface area (Å²) in [5.41, 5.74) is 0.333. The molecule has 110 valence electrons. The molecule has 2 aliphatic rings. The molecule has 2 heterocycles. The van der Waals surface area contributed by atoms with Crippen LogP contribution in [0.15, 0.2) is 0 Å². The monoisotopic (exact) mass is 266 g/mol. The Morgan fingerprint density at radius 3 is 2.63 bits per heavy atom. The van der Waals surface area contributed by atoms with Crippen molar-refractivity contribution in [3.8, 4) is 0 Å². The fourth-order valence-corrected chi connectivity index (χ4v) is 3.44. The average Bonchev–Trinajstić information content (AvgIpc) is 2.53. The molecule has 0 radical (unpaired) electrons. The van der Waals surface area contributed by atoms with Gasteiger partial charge < -0.3 is 10.2 Å². The summed E-state index contributed by atoms with van der Waals surface area (Å²) in [6, 6.07) is 0.531. The van der Waals surface area contributed by atoms with Gasteiger partial charge in [0.05, 0.1) is 0 Å². The molecular weight excluding hydrogens is 236 g/mol. The normalized spacial score (nSPS) is 30.3. The molecule has 2 fully saturated rings. The van der Waals surface area contributed by atoms with Crippen LogP contribution in [0.1, 0.15) is 59.3 Å². The lowest BCUT2D eigenvalue weighted by atomic mass is 9.77. The number of likely N-dealkylation sites (tertiary alicyclic amines) is 1. The first-order chi connectivity index (χ1) is 8.97. The Kier molecular flexibility index (Phi) is 4.88. The molecule has 1 amide bonds. The van der Waals surface area contributed by atoms with Crippen LogP contribution in [0.4, 0.5) is 0 Å². The van der Waals surface area contributed by atoms with Crippen molar-refractivity contribution in [2.75, 3.05) is 19.6 Å². The Balaban J connectivity index is 1.89. The lowest BCUT2D eigenvalue weighted by Crippen LogP contribution is -2.45. The van der Waals surface area contributed by atoms with Crippen LogP contribution in [0.5, 0.6) is 0 Å². The van der Waals surface area contributed by atoms with E-state index >= 15 is 0 Å². The molecular formula is C16H30N2O. The quantitative estimate of drug-likeness (QED) is 0.833. The van der Waals surface area contributed by atoms with Gasteiger partial charge in [0.25, 0.3) is 0 Å². The number of amides is 1. The van der Waals surface area contributed by atoms with Crippen LogP contribution < -0.4 is 5.32 Å². The van der Waals surface area contributed by atoms with Gasteiger partial charge in [-0.3, -0.25) is 4.79 Å². The third-order valence-corrected chi connectivity index (χ3v) is 4.88. The summed E-state index contributed by atoms with van der Waals surface area (Å²) in [4.78, 5) is 14.4. The minimum atomic E-state index is 0.333. The van der Waals surface area contributed by atoms with Gasteiger partial charge in [-0.1, -0.05) is 27.2 Å². The predicted molar refractivity (Wildman–Crippen MR) is 79.0 cm³/mol. The molecule has 2 unspecified atom stereocenters. The maximum Gasteiger partial charge on any atom is 0.222 e. The second-order valence-corrected chi connectivity index (χ2v) is 7.38. The minimum absolute atomic E-state index is 0.333. The summed E-state index contributed by atoms with van der Waals surface area (Å²) in [7, 11) is 0. The van der Waals surface area contributed by atoms with E-state index in [1.54, 1.807) is 0 Å². The van der Waals surface area contributed by atoms with Gasteiger partial charge in [0.2, 0.25) is 5.91 Å². The van der Waals surface area contributed by atoms with Crippen LogP contribution in [0.2, 0.25) is 0 Å². The zero-order chi connectivity index (χ0) is 13.9. The molecule has 2 aliphatic heterocycles. The van der Waals surface area contributed by atoms with Gasteiger partial charge in [-0.25, -0.2) is 0 Å². The fraction of sp³-hybridized carbons (Fsp3) is 0.938. The van der Waals surface area contributed by atoms with Crippen LogP contribution in [0.25, 0.3) is 0 Å². The van der Waals surface area contributed by atoms with Crippen molar-refractivity contribution >= 4 is 5.91 Å². The average molecular weight is 266 g/mol. The topological polar surface area (TPSA) is 32.3 Å². The van der Waals surface area contributed by atoms with E-state index in [4.69, 9.17) is 0 Å². The van der Waals surface area contributed by atoms with Gasteiger partial charge in [0, 0.05) is 25.6 Å². The molecule has 2 rings (SSSR count). The standard InChI is InChI=1S/C16H30N2O/c1-16(2,3)13-7-8-15(19)18(11-9-13)12-14-6-4-5-10-17-14/h13-14,17H,4-12H2,1-3H3. The van der Waals surface area contributed by atoms with Gasteiger partial charge in [-0.05, 0) is 43.6 Å². The second-order valence-electron chi connectivity index (χ2n) is 7.38. The smallest absolute Gasteiger partial charge is 0.222 e. The van der Waals surface area contributed by atoms with Crippen molar-refractivity contribution in [1.29, 1.82) is 0 Å². The Morgan fingerprint density at radius 1 is 1.21 bits per heavy atom. The SMILES string of the molecule is CC(C)(C)C1CCC(=O)N(CC2CCCCN2)CC1. The Morgan fingerprint density at radius 2 is 2.00 bits per heavy atom. The largest absolute Gasteiger partial charge is 0.341 e. The number of nitrogens with zero attached hydrogens (tertiary/aromatic N) is 1. The summed E-state index contributed by atoms with van der Waals surface area (Å²) in [5, 5.41) is 3.55. The van der Waals surface area contributed by atoms with Crippen molar-refractivity contribution < 1.29 is 4.79 Å². The van der Waals surface area contributed by atoms with E-state index in [2.05, 4.69) is 31.0 Å². The van der Waals surface area contributed by atoms with Crippen LogP contribution in [-0.2, 0) is 4.79 Å². The lowest BCUT2D eigenvalue weighted by Gasteiger charge is -2.31. The first kappa shape index (κ1) is 14.8. The zero-order valence-corrected chi connectivity index (χ0v) is 12.9. The van der Waals surface area contributed by atoms with Crippen molar-refractivity contribution in [3.05, 3.63) is 0 Å². The molecule has 0 spiro atoms. The van der Waals surface area contributed by atoms with Gasteiger partial charge in [-0.2, -0.15) is 0 Å². The number of hydrogen-bond donors (Lipinski definition) is 1. The minimum Gasteiger partial charge on any atom is -0.341 e. The number of rotatable bonds is 2. The Hall–Kier alpha value is -0.570. The molecule has 3 heteroatoms. The van der Waals surface area contributed by atoms with E-state index in [9.17, 15) is 4.79 Å². The number of piperidine rings is 1. The van der Waals surface area contributed by atoms with Crippen LogP contribution in [0, 0.1) is 11.3 Å². The molecule has 0 aromatic rings. The number of carbonyl (C=O) groups is 1. The molecule has 19 heavy (non-hydrogen) atoms. The summed E-state index contributed by atoms with van der Waals surface area (Å²) in [6.45, 7) is 9.92. The highest BCUT2D eigenvalue weighted by atomic mass is 16.2. The first-order valence-corrected chi connectivity index (χ1v) is 7.98. The molecule has 0 bridgehead atoms. The van der Waals surface area contributed by atoms with E-state index < -0.39 is 0 Å². The Labute approximate surface area is 118 Å². The van der Waals surface area contributed by atoms with Gasteiger partial charge in [0.15, 0.2) is 0 Å². The Bertz CT molecular complexity index is 302. The summed E-state index contributed by atoms with van der Waals surface area (Å²) in [5.74, 6) is 1.06. The zero-order valence-electron chi connectivity index (χ0n) is 12.9. The molecule has 1 N–H and O–H groups in total. The summed E-state index contributed by atoms with van der Waals surface area (Å²) in [6.07, 6.45) is 6.81. The van der Waals surface area contributed by atoms with Crippen LogP contribution in [0.3, 0.4) is 0 Å². The molecule has 3 nitrogen and oxygen atoms in total. The molecule has 2 atom stereocenters. The lowest BCUT2D eigenvalue weighted by molar-refractivity contribution is -0.131. The van der Waals surface area contributed by atoms with E-state index in [1.165, 1.54) is 25.7 Å². The van der Waals surface area contributed by atoms with Crippen molar-refractivity contribution in [2.24, 2.45) is 11.3 Å². The first-order valence-electron chi connectivity index (χ1n) is 7.98.